The molecule has 0 aliphatic rings. The Bertz CT molecular complexity index is 293. The molecule has 0 aliphatic carbocycles. The fraction of sp³-hybridized carbons (Fsp3) is 0.692. The summed E-state index contributed by atoms with van der Waals surface area (Å²) in [5.74, 6) is 0.167. The zero-order valence-electron chi connectivity index (χ0n) is 11.4. The third-order valence-electron chi connectivity index (χ3n) is 2.09. The largest absolute Gasteiger partial charge is 1.00 e. The molecule has 1 aromatic heterocycles. The number of Topliss-reactive ketones (excluding diaryl/α,β-unsaturated/α-hetero) is 1. The molecule has 0 unspecified atom stereocenters. The Morgan fingerprint density at radius 1 is 1.24 bits per heavy atom. The Kier molecular flexibility index (Phi) is 12.7. The maximum atomic E-state index is 9.44. The van der Waals surface area contributed by atoms with Crippen molar-refractivity contribution in [3.05, 3.63) is 18.7 Å². The number of ketones is 1. The molecular weight excluding hydrogens is 236 g/mol. The van der Waals surface area contributed by atoms with Crippen molar-refractivity contribution in [2.45, 2.75) is 53.0 Å². The molecule has 1 aromatic rings. The number of imidazole rings is 1. The number of carbonyl (C=O) groups is 1. The average molecular weight is 261 g/mol. The van der Waals surface area contributed by atoms with E-state index in [1.807, 2.05) is 0 Å². The van der Waals surface area contributed by atoms with E-state index in [1.54, 1.807) is 0 Å². The van der Waals surface area contributed by atoms with Crippen LogP contribution < -0.4 is 17.0 Å². The first-order valence-corrected chi connectivity index (χ1v) is 6.04. The molecule has 1 heterocycles. The summed E-state index contributed by atoms with van der Waals surface area (Å²) in [5, 5.41) is 0. The zero-order valence-corrected chi connectivity index (χ0v) is 12.2. The number of halogens is 1. The predicted octanol–water partition coefficient (Wildman–Crippen LogP) is -0.508. The van der Waals surface area contributed by atoms with Crippen molar-refractivity contribution in [2.24, 2.45) is 7.05 Å². The Morgan fingerprint density at radius 3 is 2.24 bits per heavy atom. The molecular formula is C13H25ClN2O. The number of nitrogens with zero attached hydrogens (tertiary/aromatic N) is 2. The van der Waals surface area contributed by atoms with Crippen LogP contribution in [0.15, 0.2) is 18.7 Å². The van der Waals surface area contributed by atoms with Gasteiger partial charge in [0.15, 0.2) is 0 Å². The van der Waals surface area contributed by atoms with Crippen LogP contribution in [0.5, 0.6) is 0 Å². The smallest absolute Gasteiger partial charge is 0.243 e. The molecule has 0 aliphatic heterocycles. The van der Waals surface area contributed by atoms with E-state index in [4.69, 9.17) is 0 Å². The summed E-state index contributed by atoms with van der Waals surface area (Å²) >= 11 is 0. The van der Waals surface area contributed by atoms with E-state index in [1.165, 1.54) is 46.1 Å². The van der Waals surface area contributed by atoms with E-state index in [0.717, 1.165) is 0 Å². The van der Waals surface area contributed by atoms with Gasteiger partial charge >= 0.3 is 0 Å². The number of hydrogen-bond donors (Lipinski definition) is 0. The first kappa shape index (κ1) is 18.5. The van der Waals surface area contributed by atoms with Crippen molar-refractivity contribution in [3.8, 4) is 0 Å². The lowest BCUT2D eigenvalue weighted by atomic mass is 10.2. The van der Waals surface area contributed by atoms with Gasteiger partial charge in [-0.2, -0.15) is 0 Å². The van der Waals surface area contributed by atoms with Gasteiger partial charge in [-0.05, 0) is 26.7 Å². The van der Waals surface area contributed by atoms with E-state index in [0.29, 0.717) is 0 Å². The summed E-state index contributed by atoms with van der Waals surface area (Å²) in [6, 6.07) is 0. The van der Waals surface area contributed by atoms with E-state index >= 15 is 0 Å². The maximum Gasteiger partial charge on any atom is 0.243 e. The minimum absolute atomic E-state index is 0. The van der Waals surface area contributed by atoms with Crippen molar-refractivity contribution in [1.29, 1.82) is 0 Å². The van der Waals surface area contributed by atoms with Gasteiger partial charge in [-0.3, -0.25) is 0 Å². The lowest BCUT2D eigenvalue weighted by molar-refractivity contribution is -0.671. The van der Waals surface area contributed by atoms with Crippen molar-refractivity contribution in [3.63, 3.8) is 0 Å². The minimum atomic E-state index is 0. The van der Waals surface area contributed by atoms with Crippen LogP contribution in [-0.4, -0.2) is 10.4 Å². The first-order valence-electron chi connectivity index (χ1n) is 6.04. The molecule has 0 bridgehead atoms. The molecule has 0 saturated carbocycles. The molecule has 1 rings (SSSR count). The van der Waals surface area contributed by atoms with Gasteiger partial charge in [0.2, 0.25) is 6.33 Å². The third-order valence-corrected chi connectivity index (χ3v) is 2.09. The Hall–Kier alpha value is -0.830. The monoisotopic (exact) mass is 260 g/mol. The second-order valence-corrected chi connectivity index (χ2v) is 4.29. The lowest BCUT2D eigenvalue weighted by Crippen LogP contribution is -3.00. The maximum absolute atomic E-state index is 9.44. The fourth-order valence-corrected chi connectivity index (χ4v) is 1.36. The van der Waals surface area contributed by atoms with Gasteiger partial charge < -0.3 is 17.2 Å². The third kappa shape index (κ3) is 13.1. The Morgan fingerprint density at radius 2 is 1.82 bits per heavy atom. The van der Waals surface area contributed by atoms with Crippen LogP contribution >= 0.6 is 0 Å². The van der Waals surface area contributed by atoms with Gasteiger partial charge in [0, 0.05) is 0 Å². The molecule has 0 saturated heterocycles. The van der Waals surface area contributed by atoms with Crippen LogP contribution in [0, 0.1) is 0 Å². The highest BCUT2D eigenvalue weighted by molar-refractivity contribution is 5.72. The van der Waals surface area contributed by atoms with E-state index in [-0.39, 0.29) is 18.2 Å². The topological polar surface area (TPSA) is 25.9 Å². The van der Waals surface area contributed by atoms with Gasteiger partial charge in [-0.1, -0.05) is 19.8 Å². The number of aromatic nitrogens is 2. The molecule has 0 fully saturated rings. The van der Waals surface area contributed by atoms with Crippen LogP contribution in [0.3, 0.4) is 0 Å². The lowest BCUT2D eigenvalue weighted by Gasteiger charge is -1.95. The van der Waals surface area contributed by atoms with Crippen LogP contribution in [-0.2, 0) is 18.4 Å². The SMILES string of the molecule is CC(C)=O.CCCCCCn1cc[n+](C)c1.[Cl-]. The Balaban J connectivity index is 0. The van der Waals surface area contributed by atoms with E-state index < -0.39 is 0 Å². The van der Waals surface area contributed by atoms with Crippen LogP contribution in [0.4, 0.5) is 0 Å². The molecule has 0 spiro atoms. The van der Waals surface area contributed by atoms with Crippen LogP contribution in [0.25, 0.3) is 0 Å². The van der Waals surface area contributed by atoms with Gasteiger partial charge in [0.1, 0.15) is 18.2 Å². The molecule has 4 heteroatoms. The van der Waals surface area contributed by atoms with Crippen LogP contribution in [0.2, 0.25) is 0 Å². The highest BCUT2D eigenvalue weighted by Gasteiger charge is 1.97. The molecule has 0 N–H and O–H groups in total. The second-order valence-electron chi connectivity index (χ2n) is 4.29. The van der Waals surface area contributed by atoms with Crippen molar-refractivity contribution >= 4 is 5.78 Å². The molecule has 0 aromatic carbocycles. The fourth-order valence-electron chi connectivity index (χ4n) is 1.36. The number of aryl methyl sites for hydroxylation is 2. The van der Waals surface area contributed by atoms with Crippen molar-refractivity contribution in [1.82, 2.24) is 4.57 Å². The molecule has 3 nitrogen and oxygen atoms in total. The summed E-state index contributed by atoms with van der Waals surface area (Å²) in [7, 11) is 2.06. The Labute approximate surface area is 111 Å². The summed E-state index contributed by atoms with van der Waals surface area (Å²) in [4.78, 5) is 9.44. The number of carbonyl (C=O) groups excluding carboxylic acids is 1. The molecule has 17 heavy (non-hydrogen) atoms. The average Bonchev–Trinajstić information content (AvgIpc) is 2.58. The number of unbranched alkanes of at least 4 members (excludes halogenated alkanes) is 3. The molecule has 100 valence electrons. The standard InChI is InChI=1S/C10H19N2.C3H6O.ClH/c1-3-4-5-6-7-12-9-8-11(2)10-12;1-3(2)4;/h8-10H,3-7H2,1-2H3;1-2H3;1H/q+1;;/p-1. The highest BCUT2D eigenvalue weighted by atomic mass is 35.5. The summed E-state index contributed by atoms with van der Waals surface area (Å²) < 4.78 is 4.33. The quantitative estimate of drug-likeness (QED) is 0.518. The summed E-state index contributed by atoms with van der Waals surface area (Å²) in [6.45, 7) is 6.47. The van der Waals surface area contributed by atoms with Crippen LogP contribution in [0.1, 0.15) is 46.5 Å². The molecule has 0 atom stereocenters. The first-order chi connectivity index (χ1) is 7.56. The normalized spacial score (nSPS) is 8.94. The van der Waals surface area contributed by atoms with Gasteiger partial charge in [0.25, 0.3) is 0 Å². The van der Waals surface area contributed by atoms with Crippen molar-refractivity contribution in [2.75, 3.05) is 0 Å². The predicted molar refractivity (Wildman–Crippen MR) is 66.1 cm³/mol. The van der Waals surface area contributed by atoms with Gasteiger partial charge in [0.05, 0.1) is 13.6 Å². The number of hydrogen-bond acceptors (Lipinski definition) is 1. The minimum Gasteiger partial charge on any atom is -1.00 e. The van der Waals surface area contributed by atoms with Gasteiger partial charge in [-0.15, -0.1) is 0 Å². The van der Waals surface area contributed by atoms with E-state index in [9.17, 15) is 4.79 Å². The van der Waals surface area contributed by atoms with E-state index in [2.05, 4.69) is 41.8 Å². The number of rotatable bonds is 5. The van der Waals surface area contributed by atoms with Crippen molar-refractivity contribution < 1.29 is 21.8 Å². The summed E-state index contributed by atoms with van der Waals surface area (Å²) in [6.07, 6.45) is 11.7. The highest BCUT2D eigenvalue weighted by Crippen LogP contribution is 2.00. The second kappa shape index (κ2) is 11.6. The molecule has 0 radical (unpaired) electrons. The molecule has 0 amide bonds. The summed E-state index contributed by atoms with van der Waals surface area (Å²) in [5.41, 5.74) is 0. The zero-order chi connectivity index (χ0) is 12.4. The van der Waals surface area contributed by atoms with Gasteiger partial charge in [-0.25, -0.2) is 9.13 Å².